The number of pyridine rings is 1. The van der Waals surface area contributed by atoms with Gasteiger partial charge in [0.05, 0.1) is 12.1 Å². The number of aromatic nitrogens is 1. The molecule has 0 N–H and O–H groups in total. The molecule has 2 rings (SSSR count). The molecule has 0 aliphatic heterocycles. The van der Waals surface area contributed by atoms with Crippen LogP contribution in [0.3, 0.4) is 0 Å². The van der Waals surface area contributed by atoms with E-state index in [9.17, 15) is 9.36 Å². The van der Waals surface area contributed by atoms with E-state index < -0.39 is 25.0 Å². The molecule has 3 atom stereocenters. The molecule has 28 heavy (non-hydrogen) atoms. The van der Waals surface area contributed by atoms with Crippen LogP contribution in [0.15, 0.2) is 41.4 Å². The number of benzene rings is 1. The van der Waals surface area contributed by atoms with Gasteiger partial charge in [0.2, 0.25) is 5.60 Å². The minimum absolute atomic E-state index is 0.00488. The molecule has 0 bridgehead atoms. The van der Waals surface area contributed by atoms with Gasteiger partial charge < -0.3 is 9.47 Å². The molecule has 0 saturated heterocycles. The fraction of sp³-hybridized carbons (Fsp3) is 0.524. The summed E-state index contributed by atoms with van der Waals surface area (Å²) in [7, 11) is -1.75. The first-order chi connectivity index (χ1) is 13.3. The van der Waals surface area contributed by atoms with E-state index >= 15 is 0 Å². The summed E-state index contributed by atoms with van der Waals surface area (Å²) in [5, 5.41) is 1.89. The Labute approximate surface area is 172 Å². The number of hydrogen-bond acceptors (Lipinski definition) is 6. The van der Waals surface area contributed by atoms with Crippen LogP contribution in [0, 0.1) is 5.92 Å². The third-order valence-electron chi connectivity index (χ3n) is 4.54. The lowest BCUT2D eigenvalue weighted by Gasteiger charge is -2.31. The zero-order chi connectivity index (χ0) is 20.7. The van der Waals surface area contributed by atoms with Crippen molar-refractivity contribution < 1.29 is 18.8 Å². The molecule has 0 radical (unpaired) electrons. The molecular weight excluding hydrogens is 393 g/mol. The zero-order valence-electron chi connectivity index (χ0n) is 17.2. The number of hydrogen-bond donors (Lipinski definition) is 0. The van der Waals surface area contributed by atoms with Gasteiger partial charge in [0.15, 0.2) is 11.2 Å². The smallest absolute Gasteiger partial charge is 0.356 e. The summed E-state index contributed by atoms with van der Waals surface area (Å²) in [4.78, 5) is 17.3. The summed E-state index contributed by atoms with van der Waals surface area (Å²) >= 11 is 1.45. The van der Waals surface area contributed by atoms with E-state index in [0.29, 0.717) is 12.1 Å². The second kappa shape index (κ2) is 10.3. The molecule has 0 saturated carbocycles. The first kappa shape index (κ1) is 22.8. The van der Waals surface area contributed by atoms with Gasteiger partial charge in [-0.2, -0.15) is 0 Å². The maximum absolute atomic E-state index is 13.3. The normalized spacial score (nSPS) is 15.3. The highest BCUT2D eigenvalue weighted by atomic mass is 32.2. The number of carbonyl (C=O) groups excluding carboxylic acids is 1. The largest absolute Gasteiger partial charge is 0.464 e. The topological polar surface area (TPSA) is 65.5 Å². The maximum atomic E-state index is 13.3. The lowest BCUT2D eigenvalue weighted by atomic mass is 9.93. The van der Waals surface area contributed by atoms with Crippen molar-refractivity contribution in [2.24, 2.45) is 5.92 Å². The summed E-state index contributed by atoms with van der Waals surface area (Å²) in [6.07, 6.45) is 0. The Morgan fingerprint density at radius 1 is 1.18 bits per heavy atom. The first-order valence-corrected chi connectivity index (χ1v) is 12.1. The van der Waals surface area contributed by atoms with Gasteiger partial charge in [-0.3, -0.25) is 0 Å². The molecule has 0 amide bonds. The first-order valence-electron chi connectivity index (χ1n) is 9.57. The fourth-order valence-corrected chi connectivity index (χ4v) is 6.82. The van der Waals surface area contributed by atoms with Crippen molar-refractivity contribution in [1.29, 1.82) is 0 Å². The Kier molecular flexibility index (Phi) is 8.41. The Balaban J connectivity index is 2.19. The van der Waals surface area contributed by atoms with E-state index in [0.717, 1.165) is 15.9 Å². The van der Waals surface area contributed by atoms with Gasteiger partial charge in [0.1, 0.15) is 5.03 Å². The molecule has 0 aliphatic rings. The van der Waals surface area contributed by atoms with Crippen LogP contribution >= 0.6 is 19.6 Å². The zero-order valence-corrected chi connectivity index (χ0v) is 18.9. The van der Waals surface area contributed by atoms with Crippen molar-refractivity contribution in [2.75, 3.05) is 18.7 Å². The van der Waals surface area contributed by atoms with Crippen molar-refractivity contribution in [1.82, 2.24) is 4.98 Å². The molecule has 1 aromatic heterocycles. The van der Waals surface area contributed by atoms with E-state index in [2.05, 4.69) is 4.98 Å². The van der Waals surface area contributed by atoms with Crippen LogP contribution in [0.4, 0.5) is 0 Å². The third kappa shape index (κ3) is 5.31. The SMILES string of the molecule is CCOC(=O)C(C)(OCC)C(C(C)C)[P+](=O)CSc1ccc2ccccc2n1. The number of ether oxygens (including phenoxy) is 2. The van der Waals surface area contributed by atoms with Gasteiger partial charge in [-0.15, -0.1) is 0 Å². The van der Waals surface area contributed by atoms with Crippen molar-refractivity contribution in [2.45, 2.75) is 50.9 Å². The third-order valence-corrected chi connectivity index (χ3v) is 8.31. The van der Waals surface area contributed by atoms with Gasteiger partial charge in [-0.05, 0) is 32.9 Å². The second-order valence-electron chi connectivity index (χ2n) is 6.98. The number of rotatable bonds is 10. The Morgan fingerprint density at radius 3 is 2.54 bits per heavy atom. The van der Waals surface area contributed by atoms with Crippen LogP contribution < -0.4 is 0 Å². The van der Waals surface area contributed by atoms with Gasteiger partial charge in [-0.25, -0.2) is 9.78 Å². The average molecular weight is 423 g/mol. The summed E-state index contributed by atoms with van der Waals surface area (Å²) < 4.78 is 24.3. The summed E-state index contributed by atoms with van der Waals surface area (Å²) in [6, 6.07) is 11.9. The lowest BCUT2D eigenvalue weighted by Crippen LogP contribution is -2.51. The minimum Gasteiger partial charge on any atom is -0.464 e. The van der Waals surface area contributed by atoms with E-state index in [1.54, 1.807) is 13.8 Å². The standard InChI is InChI=1S/C21H29NO4PS/c1-6-25-20(23)21(5,26-7-2)19(15(3)4)27(24)14-28-18-13-12-16-10-8-9-11-17(16)22-18/h8-13,15,19H,6-7,14H2,1-5H3/q+1. The van der Waals surface area contributed by atoms with E-state index in [4.69, 9.17) is 9.47 Å². The summed E-state index contributed by atoms with van der Waals surface area (Å²) in [6.45, 7) is 9.83. The number of nitrogens with zero attached hydrogens (tertiary/aromatic N) is 1. The van der Waals surface area contributed by atoms with E-state index in [1.807, 2.05) is 57.2 Å². The van der Waals surface area contributed by atoms with Crippen LogP contribution in [-0.4, -0.2) is 40.9 Å². The summed E-state index contributed by atoms with van der Waals surface area (Å²) in [5.41, 5.74) is -0.404. The number of esters is 1. The minimum atomic E-state index is -1.75. The van der Waals surface area contributed by atoms with Gasteiger partial charge in [0.25, 0.3) is 0 Å². The molecule has 5 nitrogen and oxygen atoms in total. The van der Waals surface area contributed by atoms with Crippen LogP contribution in [0.2, 0.25) is 0 Å². The quantitative estimate of drug-likeness (QED) is 0.286. The highest BCUT2D eigenvalue weighted by Gasteiger charge is 2.55. The number of para-hydroxylation sites is 1. The molecule has 1 heterocycles. The fourth-order valence-electron chi connectivity index (χ4n) is 3.42. The van der Waals surface area contributed by atoms with Gasteiger partial charge >= 0.3 is 13.8 Å². The molecule has 0 aliphatic carbocycles. The van der Waals surface area contributed by atoms with Crippen LogP contribution in [0.5, 0.6) is 0 Å². The van der Waals surface area contributed by atoms with Crippen molar-refractivity contribution in [3.05, 3.63) is 36.4 Å². The number of thioether (sulfide) groups is 1. The monoisotopic (exact) mass is 422 g/mol. The van der Waals surface area contributed by atoms with Crippen molar-refractivity contribution in [3.63, 3.8) is 0 Å². The predicted octanol–water partition coefficient (Wildman–Crippen LogP) is 5.49. The van der Waals surface area contributed by atoms with Gasteiger partial charge in [-0.1, -0.05) is 54.4 Å². The van der Waals surface area contributed by atoms with Crippen molar-refractivity contribution in [3.8, 4) is 0 Å². The Morgan fingerprint density at radius 2 is 1.89 bits per heavy atom. The second-order valence-corrected chi connectivity index (χ2v) is 10.1. The molecule has 1 aromatic carbocycles. The molecule has 152 valence electrons. The van der Waals surface area contributed by atoms with Gasteiger partial charge in [0, 0.05) is 17.9 Å². The molecule has 0 spiro atoms. The van der Waals surface area contributed by atoms with Crippen LogP contribution in [-0.2, 0) is 18.8 Å². The van der Waals surface area contributed by atoms with Crippen molar-refractivity contribution >= 4 is 36.4 Å². The predicted molar refractivity (Wildman–Crippen MR) is 115 cm³/mol. The Hall–Kier alpha value is -1.49. The van der Waals surface area contributed by atoms with Crippen LogP contribution in [0.1, 0.15) is 34.6 Å². The number of fused-ring (bicyclic) bond motifs is 1. The number of carbonyl (C=O) groups is 1. The molecule has 3 unspecified atom stereocenters. The Bertz CT molecular complexity index is 829. The summed E-state index contributed by atoms with van der Waals surface area (Å²) in [5.74, 6) is -0.456. The average Bonchev–Trinajstić information content (AvgIpc) is 2.66. The van der Waals surface area contributed by atoms with E-state index in [-0.39, 0.29) is 12.5 Å². The lowest BCUT2D eigenvalue weighted by molar-refractivity contribution is -0.170. The van der Waals surface area contributed by atoms with Crippen LogP contribution in [0.25, 0.3) is 10.9 Å². The highest BCUT2D eigenvalue weighted by Crippen LogP contribution is 2.46. The molecular formula is C21H29NO4PS+. The molecule has 0 fully saturated rings. The molecule has 7 heteroatoms. The highest BCUT2D eigenvalue weighted by molar-refractivity contribution is 8.03. The maximum Gasteiger partial charge on any atom is 0.356 e. The van der Waals surface area contributed by atoms with E-state index in [1.165, 1.54) is 11.8 Å². The molecule has 2 aromatic rings.